The van der Waals surface area contributed by atoms with E-state index in [1.807, 2.05) is 18.2 Å². The van der Waals surface area contributed by atoms with Gasteiger partial charge in [-0.05, 0) is 29.7 Å². The van der Waals surface area contributed by atoms with Gasteiger partial charge in [-0.25, -0.2) is 4.39 Å². The highest BCUT2D eigenvalue weighted by atomic mass is 35.5. The molecular weight excluding hydrogens is 294 g/mol. The summed E-state index contributed by atoms with van der Waals surface area (Å²) in [6, 6.07) is 12.1. The van der Waals surface area contributed by atoms with Crippen molar-refractivity contribution in [1.29, 1.82) is 0 Å². The third kappa shape index (κ3) is 2.97. The SMILES string of the molecule is Fc1cccc(C(Cl)Cc2ccccc2Cl)c1Cl. The lowest BCUT2D eigenvalue weighted by molar-refractivity contribution is 0.625. The normalized spacial score (nSPS) is 12.4. The van der Waals surface area contributed by atoms with E-state index in [2.05, 4.69) is 0 Å². The van der Waals surface area contributed by atoms with E-state index >= 15 is 0 Å². The average molecular weight is 304 g/mol. The van der Waals surface area contributed by atoms with Crippen molar-refractivity contribution < 1.29 is 4.39 Å². The van der Waals surface area contributed by atoms with E-state index in [1.54, 1.807) is 18.2 Å². The minimum Gasteiger partial charge on any atom is -0.205 e. The first-order valence-electron chi connectivity index (χ1n) is 5.41. The van der Waals surface area contributed by atoms with E-state index in [4.69, 9.17) is 34.8 Å². The largest absolute Gasteiger partial charge is 0.205 e. The third-order valence-electron chi connectivity index (χ3n) is 2.68. The molecule has 0 fully saturated rings. The van der Waals surface area contributed by atoms with Crippen molar-refractivity contribution in [1.82, 2.24) is 0 Å². The van der Waals surface area contributed by atoms with E-state index in [1.165, 1.54) is 6.07 Å². The molecule has 0 spiro atoms. The predicted octanol–water partition coefficient (Wildman–Crippen LogP) is 5.66. The highest BCUT2D eigenvalue weighted by Gasteiger charge is 2.16. The second-order valence-corrected chi connectivity index (χ2v) is 5.22. The lowest BCUT2D eigenvalue weighted by Crippen LogP contribution is -1.98. The van der Waals surface area contributed by atoms with E-state index in [0.29, 0.717) is 17.0 Å². The van der Waals surface area contributed by atoms with Crippen molar-refractivity contribution in [2.45, 2.75) is 11.8 Å². The van der Waals surface area contributed by atoms with E-state index < -0.39 is 11.2 Å². The van der Waals surface area contributed by atoms with Crippen LogP contribution in [0, 0.1) is 5.82 Å². The molecule has 0 amide bonds. The summed E-state index contributed by atoms with van der Waals surface area (Å²) in [6.45, 7) is 0. The zero-order valence-electron chi connectivity index (χ0n) is 9.34. The zero-order chi connectivity index (χ0) is 13.1. The number of benzene rings is 2. The summed E-state index contributed by atoms with van der Waals surface area (Å²) in [5, 5.41) is 0.313. The fraction of sp³-hybridized carbons (Fsp3) is 0.143. The number of rotatable bonds is 3. The molecule has 2 aromatic carbocycles. The Balaban J connectivity index is 2.25. The summed E-state index contributed by atoms with van der Waals surface area (Å²) < 4.78 is 13.3. The van der Waals surface area contributed by atoms with Crippen LogP contribution in [0.15, 0.2) is 42.5 Å². The molecule has 0 nitrogen and oxygen atoms in total. The van der Waals surface area contributed by atoms with Gasteiger partial charge >= 0.3 is 0 Å². The molecule has 2 aromatic rings. The van der Waals surface area contributed by atoms with Crippen molar-refractivity contribution in [3.63, 3.8) is 0 Å². The van der Waals surface area contributed by atoms with Crippen molar-refractivity contribution in [2.75, 3.05) is 0 Å². The summed E-state index contributed by atoms with van der Waals surface area (Å²) in [4.78, 5) is 0. The van der Waals surface area contributed by atoms with Gasteiger partial charge in [-0.1, -0.05) is 53.5 Å². The van der Waals surface area contributed by atoms with Gasteiger partial charge in [0.25, 0.3) is 0 Å². The van der Waals surface area contributed by atoms with E-state index in [9.17, 15) is 4.39 Å². The summed E-state index contributed by atoms with van der Waals surface area (Å²) >= 11 is 18.2. The topological polar surface area (TPSA) is 0 Å². The second-order valence-electron chi connectivity index (χ2n) is 3.91. The molecule has 0 radical (unpaired) electrons. The molecule has 94 valence electrons. The number of alkyl halides is 1. The molecule has 4 heteroatoms. The Kier molecular flexibility index (Phi) is 4.50. The summed E-state index contributed by atoms with van der Waals surface area (Å²) in [7, 11) is 0. The fourth-order valence-electron chi connectivity index (χ4n) is 1.73. The quantitative estimate of drug-likeness (QED) is 0.642. The number of hydrogen-bond acceptors (Lipinski definition) is 0. The van der Waals surface area contributed by atoms with Crippen molar-refractivity contribution in [3.05, 3.63) is 69.5 Å². The first-order valence-corrected chi connectivity index (χ1v) is 6.60. The van der Waals surface area contributed by atoms with Crippen LogP contribution in [-0.2, 0) is 6.42 Å². The van der Waals surface area contributed by atoms with Crippen LogP contribution in [-0.4, -0.2) is 0 Å². The lowest BCUT2D eigenvalue weighted by Gasteiger charge is -2.13. The molecular formula is C14H10Cl3F. The van der Waals surface area contributed by atoms with Gasteiger partial charge in [0.1, 0.15) is 5.82 Å². The minimum atomic E-state index is -0.459. The number of halogens is 4. The van der Waals surface area contributed by atoms with Gasteiger partial charge in [-0.2, -0.15) is 0 Å². The highest BCUT2D eigenvalue weighted by molar-refractivity contribution is 6.33. The molecule has 0 heterocycles. The van der Waals surface area contributed by atoms with E-state index in [0.717, 1.165) is 5.56 Å². The van der Waals surface area contributed by atoms with E-state index in [-0.39, 0.29) is 5.02 Å². The second kappa shape index (κ2) is 5.92. The lowest BCUT2D eigenvalue weighted by atomic mass is 10.0. The molecule has 0 saturated heterocycles. The Morgan fingerprint density at radius 3 is 2.44 bits per heavy atom. The molecule has 0 aliphatic carbocycles. The molecule has 1 atom stereocenters. The Bertz CT molecular complexity index is 554. The van der Waals surface area contributed by atoms with Crippen LogP contribution >= 0.6 is 34.8 Å². The smallest absolute Gasteiger partial charge is 0.142 e. The van der Waals surface area contributed by atoms with Gasteiger partial charge < -0.3 is 0 Å². The van der Waals surface area contributed by atoms with Crippen LogP contribution in [0.2, 0.25) is 10.0 Å². The molecule has 0 N–H and O–H groups in total. The molecule has 0 aliphatic heterocycles. The molecule has 18 heavy (non-hydrogen) atoms. The summed E-state index contributed by atoms with van der Waals surface area (Å²) in [6.07, 6.45) is 0.504. The molecule has 0 saturated carbocycles. The molecule has 0 aliphatic rings. The Labute approximate surface area is 120 Å². The van der Waals surface area contributed by atoms with Crippen LogP contribution < -0.4 is 0 Å². The monoisotopic (exact) mass is 302 g/mol. The Morgan fingerprint density at radius 1 is 1.00 bits per heavy atom. The highest BCUT2D eigenvalue weighted by Crippen LogP contribution is 2.33. The number of hydrogen-bond donors (Lipinski definition) is 0. The standard InChI is InChI=1S/C14H10Cl3F/c15-11-6-2-1-4-9(11)8-12(16)10-5-3-7-13(18)14(10)17/h1-7,12H,8H2. The fourth-order valence-corrected chi connectivity index (χ4v) is 2.60. The van der Waals surface area contributed by atoms with Gasteiger partial charge in [0.15, 0.2) is 0 Å². The predicted molar refractivity (Wildman–Crippen MR) is 75.2 cm³/mol. The van der Waals surface area contributed by atoms with Gasteiger partial charge in [0.2, 0.25) is 0 Å². The van der Waals surface area contributed by atoms with Crippen LogP contribution in [0.1, 0.15) is 16.5 Å². The van der Waals surface area contributed by atoms with Crippen LogP contribution in [0.5, 0.6) is 0 Å². The van der Waals surface area contributed by atoms with Crippen LogP contribution in [0.4, 0.5) is 4.39 Å². The van der Waals surface area contributed by atoms with Crippen LogP contribution in [0.3, 0.4) is 0 Å². The average Bonchev–Trinajstić information content (AvgIpc) is 2.35. The first kappa shape index (κ1) is 13.7. The Morgan fingerprint density at radius 2 is 1.72 bits per heavy atom. The maximum Gasteiger partial charge on any atom is 0.142 e. The Hall–Kier alpha value is -0.760. The van der Waals surface area contributed by atoms with Crippen LogP contribution in [0.25, 0.3) is 0 Å². The molecule has 2 rings (SSSR count). The molecule has 0 bridgehead atoms. The van der Waals surface area contributed by atoms with Gasteiger partial charge in [0.05, 0.1) is 10.4 Å². The minimum absolute atomic E-state index is 0.0737. The van der Waals surface area contributed by atoms with Gasteiger partial charge in [0, 0.05) is 5.02 Å². The maximum atomic E-state index is 13.3. The summed E-state index contributed by atoms with van der Waals surface area (Å²) in [5.74, 6) is -0.459. The molecule has 0 aromatic heterocycles. The summed E-state index contributed by atoms with van der Waals surface area (Å²) in [5.41, 5.74) is 1.50. The zero-order valence-corrected chi connectivity index (χ0v) is 11.6. The van der Waals surface area contributed by atoms with Crippen molar-refractivity contribution >= 4 is 34.8 Å². The first-order chi connectivity index (χ1) is 8.59. The maximum absolute atomic E-state index is 13.3. The van der Waals surface area contributed by atoms with Crippen molar-refractivity contribution in [2.24, 2.45) is 0 Å². The van der Waals surface area contributed by atoms with Gasteiger partial charge in [-0.15, -0.1) is 11.6 Å². The van der Waals surface area contributed by atoms with Crippen molar-refractivity contribution in [3.8, 4) is 0 Å². The third-order valence-corrected chi connectivity index (χ3v) is 3.83. The molecule has 1 unspecified atom stereocenters. The van der Waals surface area contributed by atoms with Gasteiger partial charge in [-0.3, -0.25) is 0 Å².